The van der Waals surface area contributed by atoms with Crippen molar-refractivity contribution in [2.45, 2.75) is 0 Å². The Hall–Kier alpha value is -2.37. The number of fused-ring (bicyclic) bond motifs is 1. The number of imide groups is 1. The van der Waals surface area contributed by atoms with E-state index in [9.17, 15) is 9.59 Å². The molecule has 0 saturated carbocycles. The Bertz CT molecular complexity index is 504. The summed E-state index contributed by atoms with van der Waals surface area (Å²) in [4.78, 5) is 29.3. The van der Waals surface area contributed by atoms with Crippen molar-refractivity contribution in [3.8, 4) is 0 Å². The summed E-state index contributed by atoms with van der Waals surface area (Å²) in [5.74, 6) is 0.153. The highest BCUT2D eigenvalue weighted by molar-refractivity contribution is 6.21. The number of amides is 2. The van der Waals surface area contributed by atoms with E-state index in [0.29, 0.717) is 30.2 Å². The molecule has 0 spiro atoms. The molecule has 1 aliphatic rings. The Morgan fingerprint density at radius 1 is 1.21 bits per heavy atom. The summed E-state index contributed by atoms with van der Waals surface area (Å²) in [6.07, 6.45) is 0. The number of benzene rings is 1. The average Bonchev–Trinajstić information content (AvgIpc) is 2.69. The molecular weight excluding hydrogens is 244 g/mol. The molecule has 1 aromatic rings. The number of hydrogen-bond donors (Lipinski definition) is 2. The summed E-state index contributed by atoms with van der Waals surface area (Å²) >= 11 is 0. The molecule has 1 heterocycles. The van der Waals surface area contributed by atoms with E-state index in [1.54, 1.807) is 38.4 Å². The molecule has 0 saturated heterocycles. The fraction of sp³-hybridized carbons (Fsp3) is 0.308. The van der Waals surface area contributed by atoms with E-state index in [0.717, 1.165) is 0 Å². The van der Waals surface area contributed by atoms with Gasteiger partial charge < -0.3 is 10.6 Å². The largest absolute Gasteiger partial charge is 0.359 e. The fourth-order valence-electron chi connectivity index (χ4n) is 2.01. The normalized spacial score (nSPS) is 14.6. The topological polar surface area (TPSA) is 73.8 Å². The van der Waals surface area contributed by atoms with Gasteiger partial charge in [-0.15, -0.1) is 0 Å². The lowest BCUT2D eigenvalue weighted by Gasteiger charge is -2.15. The number of hydrogen-bond acceptors (Lipinski definition) is 3. The first-order valence-electron chi connectivity index (χ1n) is 6.02. The highest BCUT2D eigenvalue weighted by atomic mass is 16.2. The van der Waals surface area contributed by atoms with Gasteiger partial charge in [0.1, 0.15) is 0 Å². The maximum atomic E-state index is 12.1. The first kappa shape index (κ1) is 13.1. The van der Waals surface area contributed by atoms with E-state index in [1.165, 1.54) is 4.90 Å². The summed E-state index contributed by atoms with van der Waals surface area (Å²) < 4.78 is 0. The second-order valence-electron chi connectivity index (χ2n) is 4.06. The zero-order valence-corrected chi connectivity index (χ0v) is 10.9. The van der Waals surface area contributed by atoms with Crippen molar-refractivity contribution in [2.24, 2.45) is 4.99 Å². The van der Waals surface area contributed by atoms with Crippen LogP contribution in [0.4, 0.5) is 0 Å². The van der Waals surface area contributed by atoms with Crippen LogP contribution in [0.2, 0.25) is 0 Å². The first-order valence-corrected chi connectivity index (χ1v) is 6.02. The molecule has 1 aromatic carbocycles. The molecule has 2 N–H and O–H groups in total. The quantitative estimate of drug-likeness (QED) is 0.458. The van der Waals surface area contributed by atoms with Crippen molar-refractivity contribution in [2.75, 3.05) is 27.2 Å². The number of guanidine groups is 1. The zero-order chi connectivity index (χ0) is 13.8. The molecule has 0 radical (unpaired) electrons. The Kier molecular flexibility index (Phi) is 3.79. The molecule has 0 aliphatic carbocycles. The Labute approximate surface area is 111 Å². The predicted octanol–water partition coefficient (Wildman–Crippen LogP) is 0.0774. The molecule has 1 aliphatic heterocycles. The fourth-order valence-corrected chi connectivity index (χ4v) is 2.01. The van der Waals surface area contributed by atoms with E-state index in [1.807, 2.05) is 0 Å². The lowest BCUT2D eigenvalue weighted by Crippen LogP contribution is -2.41. The van der Waals surface area contributed by atoms with E-state index < -0.39 is 0 Å². The van der Waals surface area contributed by atoms with Gasteiger partial charge in [-0.1, -0.05) is 12.1 Å². The highest BCUT2D eigenvalue weighted by Crippen LogP contribution is 2.21. The molecule has 0 fully saturated rings. The number of nitrogens with one attached hydrogen (secondary N) is 2. The number of carbonyl (C=O) groups is 2. The van der Waals surface area contributed by atoms with Gasteiger partial charge in [-0.05, 0) is 12.1 Å². The van der Waals surface area contributed by atoms with Crippen LogP contribution in [-0.2, 0) is 0 Å². The van der Waals surface area contributed by atoms with Gasteiger partial charge in [0.15, 0.2) is 5.96 Å². The summed E-state index contributed by atoms with van der Waals surface area (Å²) in [5.41, 5.74) is 0.955. The summed E-state index contributed by atoms with van der Waals surface area (Å²) in [6.45, 7) is 0.770. The minimum atomic E-state index is -0.234. The number of carbonyl (C=O) groups excluding carboxylic acids is 2. The van der Waals surface area contributed by atoms with Gasteiger partial charge in [-0.2, -0.15) is 0 Å². The molecule has 100 valence electrons. The van der Waals surface area contributed by atoms with Crippen molar-refractivity contribution in [3.05, 3.63) is 35.4 Å². The van der Waals surface area contributed by atoms with Crippen LogP contribution >= 0.6 is 0 Å². The molecule has 0 aromatic heterocycles. The third-order valence-corrected chi connectivity index (χ3v) is 2.97. The molecule has 0 unspecified atom stereocenters. The second kappa shape index (κ2) is 5.51. The summed E-state index contributed by atoms with van der Waals surface area (Å²) in [5, 5.41) is 5.87. The van der Waals surface area contributed by atoms with Gasteiger partial charge in [0, 0.05) is 27.2 Å². The molecule has 6 nitrogen and oxygen atoms in total. The molecular formula is C13H16N4O2. The molecule has 0 atom stereocenters. The van der Waals surface area contributed by atoms with Crippen LogP contribution in [0.1, 0.15) is 20.7 Å². The van der Waals surface area contributed by atoms with Crippen molar-refractivity contribution >= 4 is 17.8 Å². The Balaban J connectivity index is 2.01. The number of rotatable bonds is 3. The monoisotopic (exact) mass is 260 g/mol. The van der Waals surface area contributed by atoms with E-state index in [4.69, 9.17) is 0 Å². The van der Waals surface area contributed by atoms with Crippen molar-refractivity contribution < 1.29 is 9.59 Å². The van der Waals surface area contributed by atoms with E-state index in [-0.39, 0.29) is 11.8 Å². The lowest BCUT2D eigenvalue weighted by atomic mass is 10.1. The summed E-state index contributed by atoms with van der Waals surface area (Å²) in [6, 6.07) is 6.87. The van der Waals surface area contributed by atoms with Crippen molar-refractivity contribution in [3.63, 3.8) is 0 Å². The van der Waals surface area contributed by atoms with Crippen molar-refractivity contribution in [1.29, 1.82) is 0 Å². The third kappa shape index (κ3) is 2.42. The smallest absolute Gasteiger partial charge is 0.261 e. The Morgan fingerprint density at radius 3 is 2.26 bits per heavy atom. The van der Waals surface area contributed by atoms with Gasteiger partial charge in [0.2, 0.25) is 0 Å². The van der Waals surface area contributed by atoms with Gasteiger partial charge >= 0.3 is 0 Å². The van der Waals surface area contributed by atoms with Crippen LogP contribution in [0.25, 0.3) is 0 Å². The van der Waals surface area contributed by atoms with Gasteiger partial charge in [-0.25, -0.2) is 0 Å². The molecule has 6 heteroatoms. The van der Waals surface area contributed by atoms with Crippen LogP contribution in [0.15, 0.2) is 29.3 Å². The van der Waals surface area contributed by atoms with E-state index >= 15 is 0 Å². The number of aliphatic imine (C=N–C) groups is 1. The molecule has 2 amide bonds. The first-order chi connectivity index (χ1) is 9.19. The summed E-state index contributed by atoms with van der Waals surface area (Å²) in [7, 11) is 3.40. The van der Waals surface area contributed by atoms with E-state index in [2.05, 4.69) is 15.6 Å². The maximum absolute atomic E-state index is 12.1. The van der Waals surface area contributed by atoms with Gasteiger partial charge in [0.25, 0.3) is 11.8 Å². The van der Waals surface area contributed by atoms with Crippen LogP contribution in [0, 0.1) is 0 Å². The predicted molar refractivity (Wildman–Crippen MR) is 72.2 cm³/mol. The van der Waals surface area contributed by atoms with Gasteiger partial charge in [0.05, 0.1) is 11.1 Å². The van der Waals surface area contributed by atoms with Crippen LogP contribution < -0.4 is 10.6 Å². The lowest BCUT2D eigenvalue weighted by molar-refractivity contribution is 0.0657. The second-order valence-corrected chi connectivity index (χ2v) is 4.06. The molecule has 0 bridgehead atoms. The Morgan fingerprint density at radius 2 is 1.79 bits per heavy atom. The van der Waals surface area contributed by atoms with Crippen LogP contribution in [-0.4, -0.2) is 49.9 Å². The zero-order valence-electron chi connectivity index (χ0n) is 10.9. The standard InChI is InChI=1S/C13H16N4O2/c1-14-13(15-2)16-7-8-17-11(18)9-5-3-4-6-10(9)12(17)19/h3-6H,7-8H2,1-2H3,(H2,14,15,16). The van der Waals surface area contributed by atoms with Crippen LogP contribution in [0.3, 0.4) is 0 Å². The third-order valence-electron chi connectivity index (χ3n) is 2.97. The highest BCUT2D eigenvalue weighted by Gasteiger charge is 2.34. The van der Waals surface area contributed by atoms with Crippen molar-refractivity contribution in [1.82, 2.24) is 15.5 Å². The molecule has 2 rings (SSSR count). The SMILES string of the molecule is CN=C(NC)NCCN1C(=O)c2ccccc2C1=O. The van der Waals surface area contributed by atoms with Gasteiger partial charge in [-0.3, -0.25) is 19.5 Å². The van der Waals surface area contributed by atoms with Crippen LogP contribution in [0.5, 0.6) is 0 Å². The maximum Gasteiger partial charge on any atom is 0.261 e. The number of nitrogens with zero attached hydrogens (tertiary/aromatic N) is 2. The minimum Gasteiger partial charge on any atom is -0.359 e. The molecule has 19 heavy (non-hydrogen) atoms. The average molecular weight is 260 g/mol. The minimum absolute atomic E-state index is 0.234.